The molecular formula is C9H15N3O2. The summed E-state index contributed by atoms with van der Waals surface area (Å²) < 4.78 is 4.86. The first-order chi connectivity index (χ1) is 6.63. The first-order valence-corrected chi connectivity index (χ1v) is 4.52. The Kier molecular flexibility index (Phi) is 3.64. The van der Waals surface area contributed by atoms with Crippen molar-refractivity contribution >= 4 is 11.8 Å². The van der Waals surface area contributed by atoms with Crippen molar-refractivity contribution in [1.29, 1.82) is 0 Å². The second-order valence-electron chi connectivity index (χ2n) is 3.28. The predicted molar refractivity (Wildman–Crippen MR) is 53.0 cm³/mol. The normalized spacial score (nSPS) is 12.5. The van der Waals surface area contributed by atoms with Crippen LogP contribution in [-0.4, -0.2) is 24.7 Å². The number of aryl methyl sites for hydroxylation is 1. The number of carbonyl (C=O) groups is 1. The maximum Gasteiger partial charge on any atom is 0.231 e. The van der Waals surface area contributed by atoms with Crippen molar-refractivity contribution in [3.8, 4) is 0 Å². The zero-order valence-electron chi connectivity index (χ0n) is 8.63. The first-order valence-electron chi connectivity index (χ1n) is 4.52. The number of nitrogens with one attached hydrogen (secondary N) is 2. The molecule has 14 heavy (non-hydrogen) atoms. The van der Waals surface area contributed by atoms with Crippen molar-refractivity contribution in [3.63, 3.8) is 0 Å². The number of hydrogen-bond donors (Lipinski definition) is 2. The minimum Gasteiger partial charge on any atom is -0.338 e. The molecule has 0 aromatic carbocycles. The van der Waals surface area contributed by atoms with Crippen LogP contribution in [0.25, 0.3) is 0 Å². The Hall–Kier alpha value is -1.36. The van der Waals surface area contributed by atoms with Gasteiger partial charge in [-0.25, -0.2) is 0 Å². The minimum absolute atomic E-state index is 0.0736. The molecule has 0 radical (unpaired) electrons. The number of rotatable bonds is 4. The molecule has 1 rings (SSSR count). The molecule has 0 spiro atoms. The fourth-order valence-electron chi connectivity index (χ4n) is 1.07. The molecule has 1 unspecified atom stereocenters. The molecule has 1 heterocycles. The monoisotopic (exact) mass is 197 g/mol. The number of anilines is 1. The highest BCUT2D eigenvalue weighted by Crippen LogP contribution is 2.09. The Balaban J connectivity index is 2.48. The van der Waals surface area contributed by atoms with Gasteiger partial charge >= 0.3 is 0 Å². The van der Waals surface area contributed by atoms with E-state index in [0.29, 0.717) is 12.4 Å². The standard InChI is InChI=1S/C9H15N3O2/c1-6(5-10-3)9(13)11-8-4-7(2)12-14-8/h4,6,10H,5H2,1-3H3,(H,11,13). The maximum atomic E-state index is 11.5. The topological polar surface area (TPSA) is 67.2 Å². The summed E-state index contributed by atoms with van der Waals surface area (Å²) in [7, 11) is 1.81. The largest absolute Gasteiger partial charge is 0.338 e. The van der Waals surface area contributed by atoms with Crippen LogP contribution in [0.5, 0.6) is 0 Å². The van der Waals surface area contributed by atoms with Gasteiger partial charge in [0, 0.05) is 18.5 Å². The molecule has 78 valence electrons. The van der Waals surface area contributed by atoms with Crippen molar-refractivity contribution in [2.24, 2.45) is 5.92 Å². The lowest BCUT2D eigenvalue weighted by Crippen LogP contribution is -2.28. The smallest absolute Gasteiger partial charge is 0.231 e. The van der Waals surface area contributed by atoms with E-state index in [1.807, 2.05) is 14.0 Å². The van der Waals surface area contributed by atoms with Crippen LogP contribution in [0, 0.1) is 12.8 Å². The molecule has 0 aliphatic heterocycles. The summed E-state index contributed by atoms with van der Waals surface area (Å²) in [6, 6.07) is 1.68. The van der Waals surface area contributed by atoms with Crippen LogP contribution in [0.1, 0.15) is 12.6 Å². The van der Waals surface area contributed by atoms with E-state index in [0.717, 1.165) is 5.69 Å². The molecule has 1 atom stereocenters. The van der Waals surface area contributed by atoms with Gasteiger partial charge in [-0.1, -0.05) is 12.1 Å². The van der Waals surface area contributed by atoms with Crippen molar-refractivity contribution < 1.29 is 9.32 Å². The molecule has 0 fully saturated rings. The van der Waals surface area contributed by atoms with E-state index in [2.05, 4.69) is 15.8 Å². The SMILES string of the molecule is CNCC(C)C(=O)Nc1cc(C)no1. The van der Waals surface area contributed by atoms with Crippen LogP contribution in [0.2, 0.25) is 0 Å². The van der Waals surface area contributed by atoms with Gasteiger partial charge < -0.3 is 9.84 Å². The highest BCUT2D eigenvalue weighted by atomic mass is 16.5. The average molecular weight is 197 g/mol. The summed E-state index contributed by atoms with van der Waals surface area (Å²) in [5.41, 5.74) is 0.751. The number of amides is 1. The summed E-state index contributed by atoms with van der Waals surface area (Å²) >= 11 is 0. The number of carbonyl (C=O) groups excluding carboxylic acids is 1. The van der Waals surface area contributed by atoms with Crippen molar-refractivity contribution in [2.75, 3.05) is 18.9 Å². The predicted octanol–water partition coefficient (Wildman–Crippen LogP) is 0.777. The van der Waals surface area contributed by atoms with Gasteiger partial charge in [-0.3, -0.25) is 10.1 Å². The van der Waals surface area contributed by atoms with Crippen LogP contribution in [-0.2, 0) is 4.79 Å². The van der Waals surface area contributed by atoms with Gasteiger partial charge in [0.25, 0.3) is 0 Å². The Labute approximate surface area is 82.8 Å². The van der Waals surface area contributed by atoms with Gasteiger partial charge in [0.1, 0.15) is 0 Å². The molecule has 2 N–H and O–H groups in total. The molecule has 5 heteroatoms. The fourth-order valence-corrected chi connectivity index (χ4v) is 1.07. The van der Waals surface area contributed by atoms with E-state index in [1.54, 1.807) is 13.0 Å². The van der Waals surface area contributed by atoms with E-state index in [9.17, 15) is 4.79 Å². The number of hydrogen-bond acceptors (Lipinski definition) is 4. The van der Waals surface area contributed by atoms with E-state index in [1.165, 1.54) is 0 Å². The number of aromatic nitrogens is 1. The van der Waals surface area contributed by atoms with Crippen molar-refractivity contribution in [3.05, 3.63) is 11.8 Å². The zero-order valence-corrected chi connectivity index (χ0v) is 8.63. The van der Waals surface area contributed by atoms with E-state index in [-0.39, 0.29) is 11.8 Å². The molecule has 1 aromatic rings. The van der Waals surface area contributed by atoms with E-state index < -0.39 is 0 Å². The fraction of sp³-hybridized carbons (Fsp3) is 0.556. The van der Waals surface area contributed by atoms with Crippen molar-refractivity contribution in [2.45, 2.75) is 13.8 Å². The lowest BCUT2D eigenvalue weighted by atomic mass is 10.1. The summed E-state index contributed by atoms with van der Waals surface area (Å²) in [6.45, 7) is 4.28. The maximum absolute atomic E-state index is 11.5. The van der Waals surface area contributed by atoms with Crippen LogP contribution in [0.15, 0.2) is 10.6 Å². The molecule has 0 aliphatic carbocycles. The van der Waals surface area contributed by atoms with E-state index >= 15 is 0 Å². The van der Waals surface area contributed by atoms with Crippen LogP contribution < -0.4 is 10.6 Å². The van der Waals surface area contributed by atoms with Crippen LogP contribution >= 0.6 is 0 Å². The summed E-state index contributed by atoms with van der Waals surface area (Å²) in [4.78, 5) is 11.5. The molecule has 0 bridgehead atoms. The third-order valence-corrected chi connectivity index (χ3v) is 1.83. The summed E-state index contributed by atoms with van der Waals surface area (Å²) in [6.07, 6.45) is 0. The van der Waals surface area contributed by atoms with E-state index in [4.69, 9.17) is 4.52 Å². The molecule has 0 aliphatic rings. The lowest BCUT2D eigenvalue weighted by Gasteiger charge is -2.08. The second-order valence-corrected chi connectivity index (χ2v) is 3.28. The first kappa shape index (κ1) is 10.7. The third kappa shape index (κ3) is 2.85. The summed E-state index contributed by atoms with van der Waals surface area (Å²) in [5.74, 6) is 0.233. The molecule has 0 saturated heterocycles. The molecule has 5 nitrogen and oxygen atoms in total. The average Bonchev–Trinajstić information content (AvgIpc) is 2.51. The van der Waals surface area contributed by atoms with Gasteiger partial charge in [0.15, 0.2) is 0 Å². The lowest BCUT2D eigenvalue weighted by molar-refractivity contribution is -0.119. The van der Waals surface area contributed by atoms with Crippen LogP contribution in [0.3, 0.4) is 0 Å². The number of nitrogens with zero attached hydrogens (tertiary/aromatic N) is 1. The Morgan fingerprint density at radius 1 is 1.71 bits per heavy atom. The summed E-state index contributed by atoms with van der Waals surface area (Å²) in [5, 5.41) is 9.24. The highest BCUT2D eigenvalue weighted by molar-refractivity contribution is 5.91. The highest BCUT2D eigenvalue weighted by Gasteiger charge is 2.13. The van der Waals surface area contributed by atoms with Crippen molar-refractivity contribution in [1.82, 2.24) is 10.5 Å². The molecule has 1 amide bonds. The molecular weight excluding hydrogens is 182 g/mol. The second kappa shape index (κ2) is 4.76. The van der Waals surface area contributed by atoms with Gasteiger partial charge in [-0.15, -0.1) is 0 Å². The van der Waals surface area contributed by atoms with Gasteiger partial charge in [0.2, 0.25) is 11.8 Å². The Morgan fingerprint density at radius 2 is 2.43 bits per heavy atom. The Morgan fingerprint density at radius 3 is 2.93 bits per heavy atom. The zero-order chi connectivity index (χ0) is 10.6. The van der Waals surface area contributed by atoms with Gasteiger partial charge in [-0.05, 0) is 14.0 Å². The quantitative estimate of drug-likeness (QED) is 0.748. The molecule has 0 saturated carbocycles. The minimum atomic E-state index is -0.0922. The van der Waals surface area contributed by atoms with Crippen LogP contribution in [0.4, 0.5) is 5.88 Å². The Bertz CT molecular complexity index is 309. The third-order valence-electron chi connectivity index (χ3n) is 1.83. The van der Waals surface area contributed by atoms with Gasteiger partial charge in [-0.2, -0.15) is 0 Å². The molecule has 1 aromatic heterocycles. The van der Waals surface area contributed by atoms with Gasteiger partial charge in [0.05, 0.1) is 5.69 Å².